The van der Waals surface area contributed by atoms with Crippen LogP contribution in [0.2, 0.25) is 0 Å². The maximum absolute atomic E-state index is 12.2. The van der Waals surface area contributed by atoms with Crippen LogP contribution in [-0.4, -0.2) is 23.9 Å². The molecule has 4 heteroatoms. The van der Waals surface area contributed by atoms with Gasteiger partial charge in [0.1, 0.15) is 6.04 Å². The Hall–Kier alpha value is -1.84. The number of amides is 2. The first-order chi connectivity index (χ1) is 9.90. The Bertz CT molecular complexity index is 457. The van der Waals surface area contributed by atoms with Gasteiger partial charge in [0.2, 0.25) is 11.8 Å². The predicted molar refractivity (Wildman–Crippen MR) is 84.8 cm³/mol. The van der Waals surface area contributed by atoms with Crippen molar-refractivity contribution in [3.63, 3.8) is 0 Å². The second-order valence-electron chi connectivity index (χ2n) is 5.86. The topological polar surface area (TPSA) is 58.2 Å². The third-order valence-corrected chi connectivity index (χ3v) is 3.41. The van der Waals surface area contributed by atoms with Crippen LogP contribution >= 0.6 is 0 Å². The molecule has 0 spiro atoms. The molecule has 0 aromatic heterocycles. The molecule has 0 saturated carbocycles. The normalized spacial score (nSPS) is 13.6. The van der Waals surface area contributed by atoms with E-state index in [4.69, 9.17) is 0 Å². The van der Waals surface area contributed by atoms with Crippen molar-refractivity contribution in [3.8, 4) is 0 Å². The second kappa shape index (κ2) is 8.45. The molecule has 2 atom stereocenters. The quantitative estimate of drug-likeness (QED) is 0.809. The number of aryl methyl sites for hydroxylation is 1. The number of nitrogens with one attached hydrogen (secondary N) is 2. The van der Waals surface area contributed by atoms with Crippen LogP contribution in [0.1, 0.15) is 39.7 Å². The smallest absolute Gasteiger partial charge is 0.243 e. The number of hydrogen-bond donors (Lipinski definition) is 2. The molecule has 0 aliphatic carbocycles. The zero-order chi connectivity index (χ0) is 15.8. The van der Waals surface area contributed by atoms with Crippen molar-refractivity contribution in [2.75, 3.05) is 0 Å². The summed E-state index contributed by atoms with van der Waals surface area (Å²) in [6.45, 7) is 7.27. The first-order valence-corrected chi connectivity index (χ1v) is 7.51. The SMILES string of the molecule is CC(=O)NC(C(=O)NC(C)CCc1ccccc1)C(C)C. The Morgan fingerprint density at radius 2 is 1.67 bits per heavy atom. The third kappa shape index (κ3) is 6.43. The van der Waals surface area contributed by atoms with Gasteiger partial charge in [0, 0.05) is 13.0 Å². The number of rotatable bonds is 7. The van der Waals surface area contributed by atoms with Gasteiger partial charge in [0.05, 0.1) is 0 Å². The zero-order valence-electron chi connectivity index (χ0n) is 13.3. The van der Waals surface area contributed by atoms with E-state index < -0.39 is 6.04 Å². The van der Waals surface area contributed by atoms with E-state index in [1.54, 1.807) is 0 Å². The molecule has 0 fully saturated rings. The van der Waals surface area contributed by atoms with Crippen LogP contribution in [0.5, 0.6) is 0 Å². The number of carbonyl (C=O) groups excluding carboxylic acids is 2. The van der Waals surface area contributed by atoms with Crippen LogP contribution in [0.4, 0.5) is 0 Å². The molecule has 0 saturated heterocycles. The van der Waals surface area contributed by atoms with E-state index in [0.717, 1.165) is 12.8 Å². The Morgan fingerprint density at radius 1 is 1.05 bits per heavy atom. The summed E-state index contributed by atoms with van der Waals surface area (Å²) < 4.78 is 0. The van der Waals surface area contributed by atoms with Gasteiger partial charge in [-0.05, 0) is 31.2 Å². The number of hydrogen-bond acceptors (Lipinski definition) is 2. The highest BCUT2D eigenvalue weighted by atomic mass is 16.2. The van der Waals surface area contributed by atoms with Crippen molar-refractivity contribution in [2.24, 2.45) is 5.92 Å². The lowest BCUT2D eigenvalue weighted by Crippen LogP contribution is -2.51. The van der Waals surface area contributed by atoms with Gasteiger partial charge < -0.3 is 10.6 Å². The molecule has 2 unspecified atom stereocenters. The highest BCUT2D eigenvalue weighted by molar-refractivity contribution is 5.87. The molecule has 2 N–H and O–H groups in total. The first kappa shape index (κ1) is 17.2. The number of benzene rings is 1. The van der Waals surface area contributed by atoms with E-state index in [2.05, 4.69) is 22.8 Å². The molecule has 0 heterocycles. The summed E-state index contributed by atoms with van der Waals surface area (Å²) in [6.07, 6.45) is 1.80. The molecular weight excluding hydrogens is 264 g/mol. The second-order valence-corrected chi connectivity index (χ2v) is 5.86. The average Bonchev–Trinajstić information content (AvgIpc) is 2.43. The van der Waals surface area contributed by atoms with Gasteiger partial charge in [0.25, 0.3) is 0 Å². The van der Waals surface area contributed by atoms with Crippen molar-refractivity contribution in [2.45, 2.75) is 52.6 Å². The lowest BCUT2D eigenvalue weighted by molar-refractivity contribution is -0.129. The summed E-state index contributed by atoms with van der Waals surface area (Å²) in [6, 6.07) is 9.81. The summed E-state index contributed by atoms with van der Waals surface area (Å²) >= 11 is 0. The fourth-order valence-electron chi connectivity index (χ4n) is 2.19. The minimum absolute atomic E-state index is 0.0650. The molecule has 116 valence electrons. The van der Waals surface area contributed by atoms with Crippen LogP contribution in [0.3, 0.4) is 0 Å². The predicted octanol–water partition coefficient (Wildman–Crippen LogP) is 2.28. The monoisotopic (exact) mass is 290 g/mol. The van der Waals surface area contributed by atoms with Crippen LogP contribution in [0.15, 0.2) is 30.3 Å². The molecule has 0 bridgehead atoms. The molecule has 1 aromatic carbocycles. The van der Waals surface area contributed by atoms with E-state index in [-0.39, 0.29) is 23.8 Å². The fraction of sp³-hybridized carbons (Fsp3) is 0.529. The van der Waals surface area contributed by atoms with E-state index in [1.165, 1.54) is 12.5 Å². The molecular formula is C17H26N2O2. The Morgan fingerprint density at radius 3 is 2.19 bits per heavy atom. The molecule has 1 rings (SSSR count). The maximum Gasteiger partial charge on any atom is 0.243 e. The molecule has 0 radical (unpaired) electrons. The van der Waals surface area contributed by atoms with Gasteiger partial charge >= 0.3 is 0 Å². The maximum atomic E-state index is 12.2. The standard InChI is InChI=1S/C17H26N2O2/c1-12(2)16(19-14(4)20)17(21)18-13(3)10-11-15-8-6-5-7-9-15/h5-9,12-13,16H,10-11H2,1-4H3,(H,18,21)(H,19,20). The van der Waals surface area contributed by atoms with Crippen molar-refractivity contribution < 1.29 is 9.59 Å². The number of carbonyl (C=O) groups is 2. The minimum Gasteiger partial charge on any atom is -0.352 e. The molecule has 2 amide bonds. The van der Waals surface area contributed by atoms with Crippen molar-refractivity contribution in [3.05, 3.63) is 35.9 Å². The van der Waals surface area contributed by atoms with Crippen molar-refractivity contribution in [1.29, 1.82) is 0 Å². The van der Waals surface area contributed by atoms with E-state index in [9.17, 15) is 9.59 Å². The van der Waals surface area contributed by atoms with Gasteiger partial charge in [-0.1, -0.05) is 44.2 Å². The summed E-state index contributed by atoms with van der Waals surface area (Å²) in [5.41, 5.74) is 1.26. The molecule has 21 heavy (non-hydrogen) atoms. The summed E-state index contributed by atoms with van der Waals surface area (Å²) in [4.78, 5) is 23.4. The van der Waals surface area contributed by atoms with E-state index >= 15 is 0 Å². The van der Waals surface area contributed by atoms with Gasteiger partial charge in [-0.15, -0.1) is 0 Å². The fourth-order valence-corrected chi connectivity index (χ4v) is 2.19. The van der Waals surface area contributed by atoms with Crippen molar-refractivity contribution in [1.82, 2.24) is 10.6 Å². The molecule has 0 aliphatic rings. The zero-order valence-corrected chi connectivity index (χ0v) is 13.3. The van der Waals surface area contributed by atoms with E-state index in [1.807, 2.05) is 39.0 Å². The van der Waals surface area contributed by atoms with Crippen LogP contribution in [0, 0.1) is 5.92 Å². The largest absolute Gasteiger partial charge is 0.352 e. The molecule has 0 aliphatic heterocycles. The Kier molecular flexibility index (Phi) is 6.92. The Balaban J connectivity index is 2.46. The van der Waals surface area contributed by atoms with Gasteiger partial charge in [-0.3, -0.25) is 9.59 Å². The molecule has 1 aromatic rings. The summed E-state index contributed by atoms with van der Waals surface area (Å²) in [7, 11) is 0. The summed E-state index contributed by atoms with van der Waals surface area (Å²) in [5.74, 6) is -0.225. The average molecular weight is 290 g/mol. The van der Waals surface area contributed by atoms with Crippen LogP contribution in [0.25, 0.3) is 0 Å². The highest BCUT2D eigenvalue weighted by Crippen LogP contribution is 2.06. The van der Waals surface area contributed by atoms with Crippen LogP contribution in [-0.2, 0) is 16.0 Å². The third-order valence-electron chi connectivity index (χ3n) is 3.41. The van der Waals surface area contributed by atoms with Gasteiger partial charge in [-0.25, -0.2) is 0 Å². The van der Waals surface area contributed by atoms with Crippen LogP contribution < -0.4 is 10.6 Å². The highest BCUT2D eigenvalue weighted by Gasteiger charge is 2.23. The minimum atomic E-state index is -0.471. The van der Waals surface area contributed by atoms with Crippen molar-refractivity contribution >= 4 is 11.8 Å². The first-order valence-electron chi connectivity index (χ1n) is 7.51. The van der Waals surface area contributed by atoms with E-state index in [0.29, 0.717) is 0 Å². The summed E-state index contributed by atoms with van der Waals surface area (Å²) in [5, 5.41) is 5.69. The lowest BCUT2D eigenvalue weighted by atomic mass is 10.0. The lowest BCUT2D eigenvalue weighted by Gasteiger charge is -2.23. The Labute approximate surface area is 127 Å². The molecule has 4 nitrogen and oxygen atoms in total. The van der Waals surface area contributed by atoms with Gasteiger partial charge in [-0.2, -0.15) is 0 Å². The van der Waals surface area contributed by atoms with Gasteiger partial charge in [0.15, 0.2) is 0 Å².